The lowest BCUT2D eigenvalue weighted by atomic mass is 9.96. The van der Waals surface area contributed by atoms with Crippen molar-refractivity contribution in [2.24, 2.45) is 5.92 Å². The summed E-state index contributed by atoms with van der Waals surface area (Å²) in [4.78, 5) is 16.3. The molecule has 2 aromatic rings. The highest BCUT2D eigenvalue weighted by molar-refractivity contribution is 5.79. The average Bonchev–Trinajstić information content (AvgIpc) is 2.59. The second-order valence-corrected chi connectivity index (χ2v) is 5.73. The maximum Gasteiger partial charge on any atom is 0.226 e. The Labute approximate surface area is 136 Å². The maximum atomic E-state index is 12.3. The van der Waals surface area contributed by atoms with Crippen LogP contribution in [0, 0.1) is 12.8 Å². The summed E-state index contributed by atoms with van der Waals surface area (Å²) in [5.74, 6) is 0.826. The van der Waals surface area contributed by atoms with E-state index in [1.807, 2.05) is 43.5 Å². The van der Waals surface area contributed by atoms with Crippen molar-refractivity contribution in [2.75, 3.05) is 25.0 Å². The second-order valence-electron chi connectivity index (χ2n) is 5.73. The van der Waals surface area contributed by atoms with Gasteiger partial charge in [-0.3, -0.25) is 9.78 Å². The number of anilines is 1. The Morgan fingerprint density at radius 3 is 3.04 bits per heavy atom. The highest BCUT2D eigenvalue weighted by atomic mass is 16.5. The molecule has 23 heavy (non-hydrogen) atoms. The number of benzene rings is 1. The molecule has 0 spiro atoms. The molecule has 2 N–H and O–H groups in total. The van der Waals surface area contributed by atoms with Gasteiger partial charge in [0.15, 0.2) is 0 Å². The van der Waals surface area contributed by atoms with Crippen molar-refractivity contribution in [1.29, 1.82) is 0 Å². The number of para-hydroxylation sites is 1. The fourth-order valence-electron chi connectivity index (χ4n) is 2.70. The van der Waals surface area contributed by atoms with E-state index in [0.717, 1.165) is 29.0 Å². The van der Waals surface area contributed by atoms with Gasteiger partial charge >= 0.3 is 0 Å². The van der Waals surface area contributed by atoms with Crippen molar-refractivity contribution < 1.29 is 9.53 Å². The van der Waals surface area contributed by atoms with Gasteiger partial charge in [-0.2, -0.15) is 0 Å². The van der Waals surface area contributed by atoms with Crippen LogP contribution in [0.5, 0.6) is 5.75 Å². The monoisotopic (exact) mass is 311 g/mol. The Morgan fingerprint density at radius 1 is 1.30 bits per heavy atom. The normalized spacial score (nSPS) is 16.1. The lowest BCUT2D eigenvalue weighted by Gasteiger charge is -2.24. The number of pyridine rings is 1. The van der Waals surface area contributed by atoms with Crippen molar-refractivity contribution >= 4 is 11.6 Å². The molecule has 1 unspecified atom stereocenters. The van der Waals surface area contributed by atoms with E-state index in [1.54, 1.807) is 6.20 Å². The topological polar surface area (TPSA) is 63.2 Å². The van der Waals surface area contributed by atoms with Crippen LogP contribution in [0.3, 0.4) is 0 Å². The predicted molar refractivity (Wildman–Crippen MR) is 89.6 cm³/mol. The van der Waals surface area contributed by atoms with Gasteiger partial charge in [0.25, 0.3) is 0 Å². The molecule has 0 saturated heterocycles. The summed E-state index contributed by atoms with van der Waals surface area (Å²) in [7, 11) is 0. The van der Waals surface area contributed by atoms with Crippen LogP contribution in [0.1, 0.15) is 11.1 Å². The van der Waals surface area contributed by atoms with E-state index in [4.69, 9.17) is 4.74 Å². The summed E-state index contributed by atoms with van der Waals surface area (Å²) in [5.41, 5.74) is 3.24. The Morgan fingerprint density at radius 2 is 2.17 bits per heavy atom. The SMILES string of the molecule is Cc1cnccc1NCCNC(=O)C1COc2ccccc2C1. The highest BCUT2D eigenvalue weighted by Gasteiger charge is 2.25. The Hall–Kier alpha value is -2.56. The second kappa shape index (κ2) is 7.13. The molecule has 1 aliphatic rings. The lowest BCUT2D eigenvalue weighted by Crippen LogP contribution is -2.39. The first kappa shape index (κ1) is 15.3. The molecule has 0 saturated carbocycles. The summed E-state index contributed by atoms with van der Waals surface area (Å²) >= 11 is 0. The van der Waals surface area contributed by atoms with Gasteiger partial charge in [0, 0.05) is 31.2 Å². The predicted octanol–water partition coefficient (Wildman–Crippen LogP) is 2.17. The molecule has 5 nitrogen and oxygen atoms in total. The Bertz CT molecular complexity index is 687. The molecule has 1 atom stereocenters. The molecule has 3 rings (SSSR count). The largest absolute Gasteiger partial charge is 0.492 e. The van der Waals surface area contributed by atoms with Gasteiger partial charge < -0.3 is 15.4 Å². The number of amides is 1. The van der Waals surface area contributed by atoms with Crippen LogP contribution in [0.25, 0.3) is 0 Å². The standard InChI is InChI=1S/C18H21N3O2/c1-13-11-19-7-6-16(13)20-8-9-21-18(22)15-10-14-4-2-3-5-17(14)23-12-15/h2-7,11,15H,8-10,12H2,1H3,(H,19,20)(H,21,22). The summed E-state index contributed by atoms with van der Waals surface area (Å²) in [5, 5.41) is 6.28. The fourth-order valence-corrected chi connectivity index (χ4v) is 2.70. The van der Waals surface area contributed by atoms with Gasteiger partial charge in [-0.25, -0.2) is 0 Å². The summed E-state index contributed by atoms with van der Waals surface area (Å²) in [6, 6.07) is 9.82. The van der Waals surface area contributed by atoms with E-state index in [1.165, 1.54) is 0 Å². The van der Waals surface area contributed by atoms with E-state index >= 15 is 0 Å². The first-order valence-corrected chi connectivity index (χ1v) is 7.87. The van der Waals surface area contributed by atoms with Gasteiger partial charge in [0.05, 0.1) is 5.92 Å². The fraction of sp³-hybridized carbons (Fsp3) is 0.333. The number of aromatic nitrogens is 1. The zero-order valence-corrected chi connectivity index (χ0v) is 13.2. The first-order valence-electron chi connectivity index (χ1n) is 7.87. The molecule has 0 bridgehead atoms. The van der Waals surface area contributed by atoms with Gasteiger partial charge in [-0.1, -0.05) is 18.2 Å². The van der Waals surface area contributed by atoms with Crippen LogP contribution in [-0.4, -0.2) is 30.6 Å². The lowest BCUT2D eigenvalue weighted by molar-refractivity contribution is -0.126. The van der Waals surface area contributed by atoms with Crippen molar-refractivity contribution in [1.82, 2.24) is 10.3 Å². The van der Waals surface area contributed by atoms with Crippen molar-refractivity contribution in [3.8, 4) is 5.75 Å². The molecule has 0 fully saturated rings. The Kier molecular flexibility index (Phi) is 4.76. The molecular weight excluding hydrogens is 290 g/mol. The number of fused-ring (bicyclic) bond motifs is 1. The number of ether oxygens (including phenoxy) is 1. The molecule has 1 aliphatic heterocycles. The highest BCUT2D eigenvalue weighted by Crippen LogP contribution is 2.26. The minimum atomic E-state index is -0.118. The Balaban J connectivity index is 1.45. The smallest absolute Gasteiger partial charge is 0.226 e. The molecule has 1 amide bonds. The van der Waals surface area contributed by atoms with Gasteiger partial charge in [0.2, 0.25) is 5.91 Å². The van der Waals surface area contributed by atoms with E-state index in [9.17, 15) is 4.79 Å². The van der Waals surface area contributed by atoms with E-state index in [-0.39, 0.29) is 11.8 Å². The van der Waals surface area contributed by atoms with Crippen LogP contribution >= 0.6 is 0 Å². The minimum absolute atomic E-state index is 0.0488. The van der Waals surface area contributed by atoms with E-state index in [0.29, 0.717) is 19.7 Å². The number of hydrogen-bond acceptors (Lipinski definition) is 4. The number of rotatable bonds is 5. The van der Waals surface area contributed by atoms with Crippen LogP contribution < -0.4 is 15.4 Å². The molecule has 5 heteroatoms. The first-order chi connectivity index (χ1) is 11.2. The quantitative estimate of drug-likeness (QED) is 0.831. The van der Waals surface area contributed by atoms with E-state index < -0.39 is 0 Å². The third kappa shape index (κ3) is 3.80. The van der Waals surface area contributed by atoms with Crippen LogP contribution in [-0.2, 0) is 11.2 Å². The zero-order chi connectivity index (χ0) is 16.1. The maximum absolute atomic E-state index is 12.3. The van der Waals surface area contributed by atoms with Crippen molar-refractivity contribution in [2.45, 2.75) is 13.3 Å². The number of carbonyl (C=O) groups excluding carboxylic acids is 1. The van der Waals surface area contributed by atoms with Gasteiger partial charge in [0.1, 0.15) is 12.4 Å². The van der Waals surface area contributed by atoms with Crippen LogP contribution in [0.15, 0.2) is 42.7 Å². The number of nitrogens with zero attached hydrogens (tertiary/aromatic N) is 1. The van der Waals surface area contributed by atoms with Crippen molar-refractivity contribution in [3.05, 3.63) is 53.9 Å². The average molecular weight is 311 g/mol. The van der Waals surface area contributed by atoms with Gasteiger partial charge in [-0.15, -0.1) is 0 Å². The van der Waals surface area contributed by atoms with E-state index in [2.05, 4.69) is 15.6 Å². The molecule has 1 aromatic carbocycles. The third-order valence-corrected chi connectivity index (χ3v) is 4.01. The molecular formula is C18H21N3O2. The molecule has 0 aliphatic carbocycles. The molecule has 0 radical (unpaired) electrons. The summed E-state index contributed by atoms with van der Waals surface area (Å²) in [6.07, 6.45) is 4.31. The molecule has 2 heterocycles. The number of aryl methyl sites for hydroxylation is 1. The summed E-state index contributed by atoms with van der Waals surface area (Å²) in [6.45, 7) is 3.71. The minimum Gasteiger partial charge on any atom is -0.492 e. The van der Waals surface area contributed by atoms with Crippen LogP contribution in [0.2, 0.25) is 0 Å². The third-order valence-electron chi connectivity index (χ3n) is 4.01. The molecule has 1 aromatic heterocycles. The van der Waals surface area contributed by atoms with Crippen LogP contribution in [0.4, 0.5) is 5.69 Å². The number of carbonyl (C=O) groups is 1. The summed E-state index contributed by atoms with van der Waals surface area (Å²) < 4.78 is 5.67. The zero-order valence-electron chi connectivity index (χ0n) is 13.2. The van der Waals surface area contributed by atoms with Crippen molar-refractivity contribution in [3.63, 3.8) is 0 Å². The molecule has 120 valence electrons. The number of hydrogen-bond donors (Lipinski definition) is 2. The number of nitrogens with one attached hydrogen (secondary N) is 2. The van der Waals surface area contributed by atoms with Gasteiger partial charge in [-0.05, 0) is 36.6 Å².